The first-order valence-electron chi connectivity index (χ1n) is 6.46. The normalized spacial score (nSPS) is 18.8. The first kappa shape index (κ1) is 14.4. The predicted octanol–water partition coefficient (Wildman–Crippen LogP) is 4.98. The SMILES string of the molecule is CC(C)C(CBr)(CBr)CC1COc2ccccc21. The Labute approximate surface area is 127 Å². The van der Waals surface area contributed by atoms with Crippen molar-refractivity contribution < 1.29 is 4.74 Å². The summed E-state index contributed by atoms with van der Waals surface area (Å²) in [6.07, 6.45) is 1.16. The molecule has 0 spiro atoms. The molecule has 0 aliphatic carbocycles. The molecule has 100 valence electrons. The first-order chi connectivity index (χ1) is 8.63. The molecule has 0 bridgehead atoms. The van der Waals surface area contributed by atoms with Crippen molar-refractivity contribution in [2.75, 3.05) is 17.3 Å². The molecule has 1 atom stereocenters. The van der Waals surface area contributed by atoms with Gasteiger partial charge in [0.15, 0.2) is 0 Å². The number of hydrogen-bond acceptors (Lipinski definition) is 1. The van der Waals surface area contributed by atoms with Crippen molar-refractivity contribution in [3.63, 3.8) is 0 Å². The van der Waals surface area contributed by atoms with E-state index in [0.29, 0.717) is 17.3 Å². The lowest BCUT2D eigenvalue weighted by Crippen LogP contribution is -2.33. The summed E-state index contributed by atoms with van der Waals surface area (Å²) in [5.41, 5.74) is 1.68. The zero-order valence-corrected chi connectivity index (χ0v) is 14.1. The lowest BCUT2D eigenvalue weighted by atomic mass is 9.73. The van der Waals surface area contributed by atoms with Crippen molar-refractivity contribution in [1.82, 2.24) is 0 Å². The average molecular weight is 376 g/mol. The van der Waals surface area contributed by atoms with E-state index in [1.54, 1.807) is 0 Å². The number of benzene rings is 1. The molecule has 0 N–H and O–H groups in total. The maximum absolute atomic E-state index is 5.80. The van der Waals surface area contributed by atoms with Gasteiger partial charge in [-0.05, 0) is 23.8 Å². The molecule has 1 aliphatic heterocycles. The number of fused-ring (bicyclic) bond motifs is 1. The van der Waals surface area contributed by atoms with E-state index in [-0.39, 0.29) is 0 Å². The second kappa shape index (κ2) is 5.96. The quantitative estimate of drug-likeness (QED) is 0.659. The van der Waals surface area contributed by atoms with Crippen molar-refractivity contribution in [1.29, 1.82) is 0 Å². The number of para-hydroxylation sites is 1. The van der Waals surface area contributed by atoms with Crippen molar-refractivity contribution in [2.45, 2.75) is 26.2 Å². The molecule has 1 nitrogen and oxygen atoms in total. The summed E-state index contributed by atoms with van der Waals surface area (Å²) in [5.74, 6) is 2.24. The van der Waals surface area contributed by atoms with Gasteiger partial charge in [0.05, 0.1) is 6.61 Å². The van der Waals surface area contributed by atoms with Crippen LogP contribution in [0.4, 0.5) is 0 Å². The Balaban J connectivity index is 2.20. The summed E-state index contributed by atoms with van der Waals surface area (Å²) in [6.45, 7) is 5.45. The Morgan fingerprint density at radius 2 is 1.94 bits per heavy atom. The molecule has 0 fully saturated rings. The molecular formula is C15H20Br2O. The molecule has 3 heteroatoms. The number of alkyl halides is 2. The van der Waals surface area contributed by atoms with Crippen LogP contribution < -0.4 is 4.74 Å². The van der Waals surface area contributed by atoms with Crippen LogP contribution in [0.25, 0.3) is 0 Å². The summed E-state index contributed by atoms with van der Waals surface area (Å²) < 4.78 is 5.80. The number of rotatable bonds is 5. The van der Waals surface area contributed by atoms with Crippen LogP contribution in [0.5, 0.6) is 5.75 Å². The highest BCUT2D eigenvalue weighted by Gasteiger charge is 2.37. The van der Waals surface area contributed by atoms with E-state index in [9.17, 15) is 0 Å². The third-order valence-corrected chi connectivity index (χ3v) is 6.44. The summed E-state index contributed by atoms with van der Waals surface area (Å²) >= 11 is 7.42. The van der Waals surface area contributed by atoms with E-state index < -0.39 is 0 Å². The van der Waals surface area contributed by atoms with Crippen LogP contribution in [-0.4, -0.2) is 17.3 Å². The summed E-state index contributed by atoms with van der Waals surface area (Å²) in [4.78, 5) is 0. The number of halogens is 2. The molecule has 0 radical (unpaired) electrons. The van der Waals surface area contributed by atoms with Crippen LogP contribution in [0.15, 0.2) is 24.3 Å². The monoisotopic (exact) mass is 374 g/mol. The molecule has 0 amide bonds. The zero-order chi connectivity index (χ0) is 13.2. The maximum Gasteiger partial charge on any atom is 0.122 e. The topological polar surface area (TPSA) is 9.23 Å². The molecule has 1 aromatic carbocycles. The van der Waals surface area contributed by atoms with E-state index in [1.165, 1.54) is 5.56 Å². The molecule has 1 aromatic rings. The molecule has 0 aromatic heterocycles. The Morgan fingerprint density at radius 1 is 1.28 bits per heavy atom. The number of ether oxygens (including phenoxy) is 1. The second-order valence-electron chi connectivity index (χ2n) is 5.53. The van der Waals surface area contributed by atoms with Gasteiger partial charge in [-0.2, -0.15) is 0 Å². The van der Waals surface area contributed by atoms with Crippen molar-refractivity contribution in [3.05, 3.63) is 29.8 Å². The highest BCUT2D eigenvalue weighted by molar-refractivity contribution is 9.09. The minimum absolute atomic E-state index is 0.297. The Hall–Kier alpha value is -0.0200. The Bertz CT molecular complexity index is 399. The Morgan fingerprint density at radius 3 is 2.56 bits per heavy atom. The van der Waals surface area contributed by atoms with Crippen LogP contribution in [0.3, 0.4) is 0 Å². The lowest BCUT2D eigenvalue weighted by Gasteiger charge is -2.36. The van der Waals surface area contributed by atoms with Crippen molar-refractivity contribution in [2.24, 2.45) is 11.3 Å². The van der Waals surface area contributed by atoms with Crippen molar-refractivity contribution >= 4 is 31.9 Å². The van der Waals surface area contributed by atoms with Gasteiger partial charge in [0, 0.05) is 22.1 Å². The van der Waals surface area contributed by atoms with Gasteiger partial charge in [-0.1, -0.05) is 63.9 Å². The molecular weight excluding hydrogens is 356 g/mol. The first-order valence-corrected chi connectivity index (χ1v) is 8.71. The highest BCUT2D eigenvalue weighted by Crippen LogP contribution is 2.45. The van der Waals surface area contributed by atoms with Crippen molar-refractivity contribution in [3.8, 4) is 5.75 Å². The fourth-order valence-corrected chi connectivity index (χ4v) is 5.26. The third kappa shape index (κ3) is 2.62. The van der Waals surface area contributed by atoms with Gasteiger partial charge in [0.1, 0.15) is 5.75 Å². The van der Waals surface area contributed by atoms with Crippen LogP contribution in [0, 0.1) is 11.3 Å². The van der Waals surface area contributed by atoms with E-state index >= 15 is 0 Å². The molecule has 18 heavy (non-hydrogen) atoms. The van der Waals surface area contributed by atoms with Crippen LogP contribution in [0.1, 0.15) is 31.7 Å². The van der Waals surface area contributed by atoms with E-state index in [4.69, 9.17) is 4.74 Å². The minimum atomic E-state index is 0.297. The van der Waals surface area contributed by atoms with Gasteiger partial charge in [0.25, 0.3) is 0 Å². The maximum atomic E-state index is 5.80. The zero-order valence-electron chi connectivity index (χ0n) is 11.0. The van der Waals surface area contributed by atoms with Gasteiger partial charge < -0.3 is 4.74 Å². The second-order valence-corrected chi connectivity index (χ2v) is 6.66. The van der Waals surface area contributed by atoms with E-state index in [0.717, 1.165) is 29.4 Å². The largest absolute Gasteiger partial charge is 0.493 e. The molecule has 0 saturated heterocycles. The average Bonchev–Trinajstić information content (AvgIpc) is 2.79. The fraction of sp³-hybridized carbons (Fsp3) is 0.600. The molecule has 1 aliphatic rings. The van der Waals surface area contributed by atoms with Gasteiger partial charge >= 0.3 is 0 Å². The van der Waals surface area contributed by atoms with Gasteiger partial charge in [0.2, 0.25) is 0 Å². The van der Waals surface area contributed by atoms with Crippen LogP contribution in [0.2, 0.25) is 0 Å². The number of hydrogen-bond donors (Lipinski definition) is 0. The lowest BCUT2D eigenvalue weighted by molar-refractivity contribution is 0.210. The van der Waals surface area contributed by atoms with E-state index in [1.807, 2.05) is 6.07 Å². The predicted molar refractivity (Wildman–Crippen MR) is 84.2 cm³/mol. The fourth-order valence-electron chi connectivity index (χ4n) is 2.58. The van der Waals surface area contributed by atoms with Gasteiger partial charge in [-0.25, -0.2) is 0 Å². The van der Waals surface area contributed by atoms with Crippen LogP contribution in [-0.2, 0) is 0 Å². The standard InChI is InChI=1S/C15H20Br2O/c1-11(2)15(9-16,10-17)7-12-8-18-14-6-4-3-5-13(12)14/h3-6,11-12H,7-10H2,1-2H3. The Kier molecular flexibility index (Phi) is 4.76. The molecule has 0 saturated carbocycles. The third-order valence-electron chi connectivity index (χ3n) is 4.21. The summed E-state index contributed by atoms with van der Waals surface area (Å²) in [5, 5.41) is 2.06. The smallest absolute Gasteiger partial charge is 0.122 e. The molecule has 2 rings (SSSR count). The van der Waals surface area contributed by atoms with Gasteiger partial charge in [-0.3, -0.25) is 0 Å². The summed E-state index contributed by atoms with van der Waals surface area (Å²) in [6, 6.07) is 8.45. The molecule has 1 unspecified atom stereocenters. The minimum Gasteiger partial charge on any atom is -0.493 e. The highest BCUT2D eigenvalue weighted by atomic mass is 79.9. The van der Waals surface area contributed by atoms with Gasteiger partial charge in [-0.15, -0.1) is 0 Å². The van der Waals surface area contributed by atoms with E-state index in [2.05, 4.69) is 63.9 Å². The van der Waals surface area contributed by atoms with Crippen LogP contribution >= 0.6 is 31.9 Å². The molecule has 1 heterocycles. The summed E-state index contributed by atoms with van der Waals surface area (Å²) in [7, 11) is 0.